The lowest BCUT2D eigenvalue weighted by Gasteiger charge is -2.19. The number of hydrogen-bond donors (Lipinski definition) is 0. The number of carbonyl (C=O) groups excluding carboxylic acids is 2. The van der Waals surface area contributed by atoms with E-state index in [-0.39, 0.29) is 5.78 Å². The molecule has 112 valence electrons. The van der Waals surface area contributed by atoms with Crippen LogP contribution in [0.5, 0.6) is 0 Å². The summed E-state index contributed by atoms with van der Waals surface area (Å²) in [6, 6.07) is 1.79. The molecule has 2 atom stereocenters. The topological polar surface area (TPSA) is 56.5 Å². The van der Waals surface area contributed by atoms with Crippen molar-refractivity contribution in [3.05, 3.63) is 22.1 Å². The zero-order valence-electron chi connectivity index (χ0n) is 12.4. The van der Waals surface area contributed by atoms with Crippen molar-refractivity contribution in [1.29, 1.82) is 0 Å². The standard InChI is InChI=1S/C15H21BrO4/c1-5-6-7-13-12(16)8-14(20-13)15(19-11(4)18)9(2)10(3)17/h8-9,15H,5-7H2,1-4H3/t9-,15+/m1/s1. The maximum Gasteiger partial charge on any atom is 0.303 e. The molecule has 1 rings (SSSR count). The van der Waals surface area contributed by atoms with E-state index in [2.05, 4.69) is 22.9 Å². The first kappa shape index (κ1) is 17.0. The van der Waals surface area contributed by atoms with Crippen LogP contribution in [0.15, 0.2) is 15.0 Å². The van der Waals surface area contributed by atoms with Gasteiger partial charge in [-0.05, 0) is 35.3 Å². The lowest BCUT2D eigenvalue weighted by atomic mass is 9.98. The average molecular weight is 345 g/mol. The van der Waals surface area contributed by atoms with Gasteiger partial charge in [0.2, 0.25) is 0 Å². The summed E-state index contributed by atoms with van der Waals surface area (Å²) in [5.74, 6) is 0.441. The second kappa shape index (κ2) is 7.62. The monoisotopic (exact) mass is 344 g/mol. The van der Waals surface area contributed by atoms with Crippen LogP contribution in [0.4, 0.5) is 0 Å². The summed E-state index contributed by atoms with van der Waals surface area (Å²) >= 11 is 3.45. The van der Waals surface area contributed by atoms with Gasteiger partial charge >= 0.3 is 5.97 Å². The van der Waals surface area contributed by atoms with Crippen LogP contribution in [0.2, 0.25) is 0 Å². The van der Waals surface area contributed by atoms with Gasteiger partial charge in [0, 0.05) is 13.3 Å². The number of hydrogen-bond acceptors (Lipinski definition) is 4. The van der Waals surface area contributed by atoms with Gasteiger partial charge in [-0.25, -0.2) is 0 Å². The molecule has 1 heterocycles. The van der Waals surface area contributed by atoms with Crippen LogP contribution in [0.1, 0.15) is 58.2 Å². The summed E-state index contributed by atoms with van der Waals surface area (Å²) in [4.78, 5) is 22.8. The molecule has 0 bridgehead atoms. The molecule has 0 aliphatic rings. The molecule has 0 aliphatic carbocycles. The van der Waals surface area contributed by atoms with Crippen molar-refractivity contribution in [3.8, 4) is 0 Å². The highest BCUT2D eigenvalue weighted by molar-refractivity contribution is 9.10. The fourth-order valence-electron chi connectivity index (χ4n) is 1.87. The molecular weight excluding hydrogens is 324 g/mol. The molecule has 0 N–H and O–H groups in total. The Kier molecular flexibility index (Phi) is 6.46. The third-order valence-corrected chi connectivity index (χ3v) is 3.87. The molecule has 1 aromatic rings. The van der Waals surface area contributed by atoms with Crippen LogP contribution in [0, 0.1) is 5.92 Å². The van der Waals surface area contributed by atoms with E-state index in [1.165, 1.54) is 13.8 Å². The molecule has 1 aromatic heterocycles. The third kappa shape index (κ3) is 4.47. The molecule has 0 aromatic carbocycles. The first-order chi connectivity index (χ1) is 9.36. The Bertz CT molecular complexity index is 478. The number of aryl methyl sites for hydroxylation is 1. The average Bonchev–Trinajstić information content (AvgIpc) is 2.73. The van der Waals surface area contributed by atoms with Crippen molar-refractivity contribution in [1.82, 2.24) is 0 Å². The zero-order valence-corrected chi connectivity index (χ0v) is 14.0. The highest BCUT2D eigenvalue weighted by Crippen LogP contribution is 2.33. The number of Topliss-reactive ketones (excluding diaryl/α,β-unsaturated/α-hetero) is 1. The summed E-state index contributed by atoms with van der Waals surface area (Å²) < 4.78 is 11.9. The summed E-state index contributed by atoms with van der Waals surface area (Å²) in [5.41, 5.74) is 0. The minimum Gasteiger partial charge on any atom is -0.461 e. The summed E-state index contributed by atoms with van der Waals surface area (Å²) in [6.45, 7) is 6.66. The van der Waals surface area contributed by atoms with E-state index >= 15 is 0 Å². The largest absolute Gasteiger partial charge is 0.461 e. The van der Waals surface area contributed by atoms with Crippen molar-refractivity contribution in [3.63, 3.8) is 0 Å². The maximum absolute atomic E-state index is 11.6. The molecule has 0 radical (unpaired) electrons. The predicted octanol–water partition coefficient (Wildman–Crippen LogP) is 4.21. The van der Waals surface area contributed by atoms with Crippen molar-refractivity contribution < 1.29 is 18.7 Å². The number of unbranched alkanes of at least 4 members (excludes halogenated alkanes) is 1. The van der Waals surface area contributed by atoms with E-state index in [0.29, 0.717) is 5.76 Å². The van der Waals surface area contributed by atoms with E-state index in [9.17, 15) is 9.59 Å². The lowest BCUT2D eigenvalue weighted by Crippen LogP contribution is -2.21. The Labute approximate surface area is 128 Å². The Balaban J connectivity index is 3.01. The Morgan fingerprint density at radius 2 is 2.05 bits per heavy atom. The normalized spacial score (nSPS) is 13.8. The minimum atomic E-state index is -0.670. The van der Waals surface area contributed by atoms with Gasteiger partial charge in [-0.2, -0.15) is 0 Å². The number of ketones is 1. The van der Waals surface area contributed by atoms with E-state index in [4.69, 9.17) is 9.15 Å². The number of esters is 1. The molecule has 4 nitrogen and oxygen atoms in total. The number of ether oxygens (including phenoxy) is 1. The first-order valence-corrected chi connectivity index (χ1v) is 7.61. The van der Waals surface area contributed by atoms with Crippen LogP contribution in [0.3, 0.4) is 0 Å². The van der Waals surface area contributed by atoms with Crippen LogP contribution in [-0.4, -0.2) is 11.8 Å². The molecule has 0 unspecified atom stereocenters. The second-order valence-electron chi connectivity index (χ2n) is 4.95. The van der Waals surface area contributed by atoms with Crippen LogP contribution in [-0.2, 0) is 20.7 Å². The summed E-state index contributed by atoms with van der Waals surface area (Å²) in [5, 5.41) is 0. The Morgan fingerprint density at radius 1 is 1.40 bits per heavy atom. The third-order valence-electron chi connectivity index (χ3n) is 3.20. The van der Waals surface area contributed by atoms with E-state index in [1.807, 2.05) is 0 Å². The molecule has 5 heteroatoms. The van der Waals surface area contributed by atoms with Crippen LogP contribution >= 0.6 is 15.9 Å². The molecule has 0 aliphatic heterocycles. The fraction of sp³-hybridized carbons (Fsp3) is 0.600. The predicted molar refractivity (Wildman–Crippen MR) is 79.4 cm³/mol. The van der Waals surface area contributed by atoms with Crippen molar-refractivity contribution in [2.24, 2.45) is 5.92 Å². The fourth-order valence-corrected chi connectivity index (χ4v) is 2.38. The van der Waals surface area contributed by atoms with Crippen LogP contribution in [0.25, 0.3) is 0 Å². The first-order valence-electron chi connectivity index (χ1n) is 6.82. The second-order valence-corrected chi connectivity index (χ2v) is 5.81. The van der Waals surface area contributed by atoms with Gasteiger partial charge < -0.3 is 9.15 Å². The molecular formula is C15H21BrO4. The molecule has 0 spiro atoms. The van der Waals surface area contributed by atoms with Crippen molar-refractivity contribution >= 4 is 27.7 Å². The lowest BCUT2D eigenvalue weighted by molar-refractivity contribution is -0.152. The van der Waals surface area contributed by atoms with Crippen molar-refractivity contribution in [2.75, 3.05) is 0 Å². The van der Waals surface area contributed by atoms with Gasteiger partial charge in [0.25, 0.3) is 0 Å². The Morgan fingerprint density at radius 3 is 2.55 bits per heavy atom. The quantitative estimate of drug-likeness (QED) is 0.695. The van der Waals surface area contributed by atoms with Gasteiger partial charge in [0.15, 0.2) is 6.10 Å². The Hall–Kier alpha value is -1.10. The summed E-state index contributed by atoms with van der Waals surface area (Å²) in [6.07, 6.45) is 2.24. The zero-order chi connectivity index (χ0) is 15.3. The van der Waals surface area contributed by atoms with Gasteiger partial charge in [-0.1, -0.05) is 20.3 Å². The van der Waals surface area contributed by atoms with Gasteiger partial charge in [0.1, 0.15) is 17.3 Å². The number of halogens is 1. The molecule has 0 amide bonds. The maximum atomic E-state index is 11.6. The van der Waals surface area contributed by atoms with E-state index in [0.717, 1.165) is 29.5 Å². The van der Waals surface area contributed by atoms with E-state index < -0.39 is 18.0 Å². The van der Waals surface area contributed by atoms with Crippen molar-refractivity contribution in [2.45, 2.75) is 53.1 Å². The summed E-state index contributed by atoms with van der Waals surface area (Å²) in [7, 11) is 0. The van der Waals surface area contributed by atoms with Gasteiger partial charge in [-0.15, -0.1) is 0 Å². The highest BCUT2D eigenvalue weighted by Gasteiger charge is 2.29. The van der Waals surface area contributed by atoms with Gasteiger partial charge in [-0.3, -0.25) is 9.59 Å². The SMILES string of the molecule is CCCCc1oc([C@@H](OC(C)=O)[C@H](C)C(C)=O)cc1Br. The number of carbonyl (C=O) groups is 2. The molecule has 0 fully saturated rings. The molecule has 20 heavy (non-hydrogen) atoms. The smallest absolute Gasteiger partial charge is 0.303 e. The van der Waals surface area contributed by atoms with Crippen LogP contribution < -0.4 is 0 Å². The van der Waals surface area contributed by atoms with E-state index in [1.54, 1.807) is 13.0 Å². The highest BCUT2D eigenvalue weighted by atomic mass is 79.9. The van der Waals surface area contributed by atoms with Gasteiger partial charge in [0.05, 0.1) is 10.4 Å². The molecule has 0 saturated carbocycles. The number of furan rings is 1. The molecule has 0 saturated heterocycles. The number of rotatable bonds is 7. The minimum absolute atomic E-state index is 0.0427.